The third-order valence-electron chi connectivity index (χ3n) is 4.95. The van der Waals surface area contributed by atoms with Crippen LogP contribution in [0.2, 0.25) is 10.0 Å². The molecule has 0 N–H and O–H groups in total. The van der Waals surface area contributed by atoms with Crippen molar-refractivity contribution in [3.05, 3.63) is 62.6 Å². The highest BCUT2D eigenvalue weighted by Crippen LogP contribution is 2.47. The average Bonchev–Trinajstić information content (AvgIpc) is 2.94. The number of carbonyl (C=O) groups is 2. The largest absolute Gasteiger partial charge is 0.480 e. The summed E-state index contributed by atoms with van der Waals surface area (Å²) in [7, 11) is 1.21. The van der Waals surface area contributed by atoms with E-state index in [2.05, 4.69) is 4.74 Å². The Hall–Kier alpha value is -2.25. The van der Waals surface area contributed by atoms with Crippen molar-refractivity contribution in [1.82, 2.24) is 0 Å². The fraction of sp³-hybridized carbons (Fsp3) is 0.300. The number of ether oxygens (including phenoxy) is 2. The molecule has 2 aromatic rings. The summed E-state index contributed by atoms with van der Waals surface area (Å²) in [4.78, 5) is 24.4. The molecule has 0 fully saturated rings. The van der Waals surface area contributed by atoms with Gasteiger partial charge in [-0.25, -0.2) is 4.79 Å². The van der Waals surface area contributed by atoms with Crippen LogP contribution >= 0.6 is 23.2 Å². The first-order chi connectivity index (χ1) is 13.5. The second-order valence-corrected chi connectivity index (χ2v) is 7.57. The van der Waals surface area contributed by atoms with E-state index in [0.717, 1.165) is 12.1 Å². The zero-order valence-electron chi connectivity index (χ0n) is 15.3. The maximum Gasteiger partial charge on any atom is 0.416 e. The molecule has 1 atom stereocenters. The van der Waals surface area contributed by atoms with Gasteiger partial charge in [-0.05, 0) is 42.7 Å². The van der Waals surface area contributed by atoms with Gasteiger partial charge in [-0.3, -0.25) is 4.79 Å². The number of alkyl halides is 3. The van der Waals surface area contributed by atoms with Crippen LogP contribution < -0.4 is 4.74 Å². The molecule has 1 aliphatic carbocycles. The summed E-state index contributed by atoms with van der Waals surface area (Å²) in [5, 5.41) is -0.0518. The number of hydrogen-bond acceptors (Lipinski definition) is 4. The standard InChI is InChI=1S/C20H15Cl2F3O4/c1-19(11-3-5-12(6-4-11)20(23,24)25)8-10-7-13(29-9-14(26)28-2)16(21)17(22)15(10)18(19)27/h3-7H,8-9H2,1-2H3/t19-/m1/s1. The van der Waals surface area contributed by atoms with Crippen molar-refractivity contribution < 1.29 is 32.2 Å². The van der Waals surface area contributed by atoms with Crippen LogP contribution in [0.25, 0.3) is 0 Å². The van der Waals surface area contributed by atoms with E-state index in [4.69, 9.17) is 27.9 Å². The van der Waals surface area contributed by atoms with E-state index in [0.29, 0.717) is 11.1 Å². The van der Waals surface area contributed by atoms with Gasteiger partial charge in [0.2, 0.25) is 0 Å². The number of carbonyl (C=O) groups excluding carboxylic acids is 2. The van der Waals surface area contributed by atoms with Gasteiger partial charge in [0, 0.05) is 5.56 Å². The molecule has 0 aliphatic heterocycles. The SMILES string of the molecule is COC(=O)COc1cc2c(c(Cl)c1Cl)C(=O)[C@@](C)(c1ccc(C(F)(F)F)cc1)C2. The molecule has 9 heteroatoms. The third-order valence-corrected chi connectivity index (χ3v) is 5.80. The number of fused-ring (bicyclic) bond motifs is 1. The minimum absolute atomic E-state index is 0.0235. The van der Waals surface area contributed by atoms with Crippen molar-refractivity contribution in [1.29, 1.82) is 0 Å². The smallest absolute Gasteiger partial charge is 0.416 e. The van der Waals surface area contributed by atoms with Gasteiger partial charge in [0.1, 0.15) is 10.8 Å². The fourth-order valence-electron chi connectivity index (χ4n) is 3.34. The number of benzene rings is 2. The van der Waals surface area contributed by atoms with Gasteiger partial charge in [0.05, 0.1) is 23.1 Å². The first-order valence-corrected chi connectivity index (χ1v) is 9.17. The lowest BCUT2D eigenvalue weighted by atomic mass is 9.78. The van der Waals surface area contributed by atoms with E-state index in [9.17, 15) is 22.8 Å². The molecule has 1 aliphatic rings. The predicted octanol–water partition coefficient (Wildman–Crippen LogP) is 5.26. The number of rotatable bonds is 4. The lowest BCUT2D eigenvalue weighted by Crippen LogP contribution is -2.29. The van der Waals surface area contributed by atoms with Crippen molar-refractivity contribution in [2.24, 2.45) is 0 Å². The van der Waals surface area contributed by atoms with Crippen molar-refractivity contribution in [2.45, 2.75) is 24.9 Å². The van der Waals surface area contributed by atoms with Gasteiger partial charge in [-0.15, -0.1) is 0 Å². The highest BCUT2D eigenvalue weighted by molar-refractivity contribution is 6.45. The summed E-state index contributed by atoms with van der Waals surface area (Å²) in [6.45, 7) is 1.24. The Morgan fingerprint density at radius 2 is 1.79 bits per heavy atom. The number of halogens is 5. The molecular weight excluding hydrogens is 432 g/mol. The highest BCUT2D eigenvalue weighted by atomic mass is 35.5. The Morgan fingerprint density at radius 3 is 2.34 bits per heavy atom. The van der Waals surface area contributed by atoms with Crippen molar-refractivity contribution in [3.8, 4) is 5.75 Å². The van der Waals surface area contributed by atoms with Gasteiger partial charge >= 0.3 is 12.1 Å². The summed E-state index contributed by atoms with van der Waals surface area (Å²) >= 11 is 12.5. The van der Waals surface area contributed by atoms with Crippen LogP contribution in [0.3, 0.4) is 0 Å². The first kappa shape index (κ1) is 21.5. The second kappa shape index (κ2) is 7.54. The van der Waals surface area contributed by atoms with Crippen LogP contribution in [0.4, 0.5) is 13.2 Å². The van der Waals surface area contributed by atoms with E-state index in [1.807, 2.05) is 0 Å². The molecule has 0 spiro atoms. The monoisotopic (exact) mass is 446 g/mol. The molecule has 0 amide bonds. The molecular formula is C20H15Cl2F3O4. The first-order valence-electron chi connectivity index (χ1n) is 8.42. The molecule has 0 saturated carbocycles. The van der Waals surface area contributed by atoms with E-state index in [1.165, 1.54) is 25.3 Å². The van der Waals surface area contributed by atoms with Gasteiger partial charge in [-0.2, -0.15) is 13.2 Å². The van der Waals surface area contributed by atoms with Crippen molar-refractivity contribution in [3.63, 3.8) is 0 Å². The molecule has 0 saturated heterocycles. The maximum atomic E-state index is 13.1. The summed E-state index contributed by atoms with van der Waals surface area (Å²) in [6, 6.07) is 5.97. The number of ketones is 1. The molecule has 3 rings (SSSR count). The molecule has 4 nitrogen and oxygen atoms in total. The zero-order chi connectivity index (χ0) is 21.6. The molecule has 0 aromatic heterocycles. The van der Waals surface area contributed by atoms with Gasteiger partial charge in [0.25, 0.3) is 0 Å². The van der Waals surface area contributed by atoms with Crippen LogP contribution in [-0.4, -0.2) is 25.5 Å². The normalized spacial score (nSPS) is 18.5. The Morgan fingerprint density at radius 1 is 1.17 bits per heavy atom. The minimum Gasteiger partial charge on any atom is -0.480 e. The van der Waals surface area contributed by atoms with Crippen molar-refractivity contribution in [2.75, 3.05) is 13.7 Å². The van der Waals surface area contributed by atoms with Crippen LogP contribution in [0.1, 0.15) is 34.0 Å². The molecule has 0 heterocycles. The quantitative estimate of drug-likeness (QED) is 0.601. The number of methoxy groups -OCH3 is 1. The minimum atomic E-state index is -4.47. The number of hydrogen-bond donors (Lipinski definition) is 0. The summed E-state index contributed by atoms with van der Waals surface area (Å²) in [5.74, 6) is -0.854. The fourth-order valence-corrected chi connectivity index (χ4v) is 3.84. The van der Waals surface area contributed by atoms with Crippen LogP contribution in [-0.2, 0) is 27.5 Å². The van der Waals surface area contributed by atoms with E-state index in [-0.39, 0.29) is 33.6 Å². The van der Waals surface area contributed by atoms with Crippen LogP contribution in [0, 0.1) is 0 Å². The van der Waals surface area contributed by atoms with Crippen LogP contribution in [0.5, 0.6) is 5.75 Å². The maximum absolute atomic E-state index is 13.1. The topological polar surface area (TPSA) is 52.6 Å². The lowest BCUT2D eigenvalue weighted by Gasteiger charge is -2.23. The Kier molecular flexibility index (Phi) is 5.58. The molecule has 0 radical (unpaired) electrons. The summed E-state index contributed by atoms with van der Waals surface area (Å²) in [5.41, 5.74) is -0.750. The third kappa shape index (κ3) is 3.81. The van der Waals surface area contributed by atoms with E-state index < -0.39 is 29.7 Å². The number of esters is 1. The molecule has 0 unspecified atom stereocenters. The van der Waals surface area contributed by atoms with E-state index >= 15 is 0 Å². The summed E-state index contributed by atoms with van der Waals surface area (Å²) in [6.07, 6.45) is -4.28. The Bertz CT molecular complexity index is 987. The molecule has 2 aromatic carbocycles. The highest BCUT2D eigenvalue weighted by Gasteiger charge is 2.45. The van der Waals surface area contributed by atoms with Crippen LogP contribution in [0.15, 0.2) is 30.3 Å². The predicted molar refractivity (Wildman–Crippen MR) is 101 cm³/mol. The molecule has 29 heavy (non-hydrogen) atoms. The van der Waals surface area contributed by atoms with Crippen molar-refractivity contribution >= 4 is 35.0 Å². The van der Waals surface area contributed by atoms with E-state index in [1.54, 1.807) is 6.92 Å². The molecule has 154 valence electrons. The second-order valence-electron chi connectivity index (χ2n) is 6.81. The Balaban J connectivity index is 1.97. The van der Waals surface area contributed by atoms with Gasteiger partial charge < -0.3 is 9.47 Å². The summed E-state index contributed by atoms with van der Waals surface area (Å²) < 4.78 is 48.3. The number of Topliss-reactive ketones (excluding diaryl/α,β-unsaturated/α-hetero) is 1. The molecule has 0 bridgehead atoms. The average molecular weight is 447 g/mol. The lowest BCUT2D eigenvalue weighted by molar-refractivity contribution is -0.143. The Labute approximate surface area is 174 Å². The zero-order valence-corrected chi connectivity index (χ0v) is 16.8. The van der Waals surface area contributed by atoms with Gasteiger partial charge in [0.15, 0.2) is 12.4 Å². The van der Waals surface area contributed by atoms with Gasteiger partial charge in [-0.1, -0.05) is 35.3 Å².